The molecule has 0 saturated carbocycles. The molecule has 1 fully saturated rings. The first kappa shape index (κ1) is 16.0. The molecule has 0 spiro atoms. The molecular weight excluding hydrogens is 260 g/mol. The summed E-state index contributed by atoms with van der Waals surface area (Å²) in [6.45, 7) is 11.4. The maximum Gasteiger partial charge on any atom is 0.222 e. The zero-order valence-corrected chi connectivity index (χ0v) is 13.8. The Morgan fingerprint density at radius 2 is 1.95 bits per heavy atom. The highest BCUT2D eigenvalue weighted by molar-refractivity contribution is 5.76. The minimum absolute atomic E-state index is 0.186. The van der Waals surface area contributed by atoms with Gasteiger partial charge < -0.3 is 10.2 Å². The fraction of sp³-hybridized carbons (Fsp3) is 0.611. The highest BCUT2D eigenvalue weighted by atomic mass is 16.2. The van der Waals surface area contributed by atoms with Gasteiger partial charge in [-0.1, -0.05) is 45.0 Å². The standard InChI is InChI=1S/C18H28N2O/c1-14-13-20(12-11-19-14)17(21)10-7-15-5-8-16(9-6-15)18(2,3)4/h5-6,8-9,14,19H,7,10-13H2,1-4H3. The number of nitrogens with one attached hydrogen (secondary N) is 1. The average Bonchev–Trinajstić information content (AvgIpc) is 2.44. The molecule has 1 aliphatic heterocycles. The molecule has 116 valence electrons. The van der Waals surface area contributed by atoms with Gasteiger partial charge in [0.05, 0.1) is 0 Å². The number of piperazine rings is 1. The Kier molecular flexibility index (Phi) is 5.04. The molecule has 1 atom stereocenters. The van der Waals surface area contributed by atoms with Crippen LogP contribution in [0.1, 0.15) is 45.2 Å². The van der Waals surface area contributed by atoms with Crippen LogP contribution in [0.25, 0.3) is 0 Å². The fourth-order valence-corrected chi connectivity index (χ4v) is 2.74. The van der Waals surface area contributed by atoms with Gasteiger partial charge in [0.2, 0.25) is 5.91 Å². The van der Waals surface area contributed by atoms with Crippen LogP contribution in [0.5, 0.6) is 0 Å². The van der Waals surface area contributed by atoms with Crippen LogP contribution in [0, 0.1) is 0 Å². The summed E-state index contributed by atoms with van der Waals surface area (Å²) >= 11 is 0. The Hall–Kier alpha value is -1.35. The van der Waals surface area contributed by atoms with Crippen LogP contribution in [-0.2, 0) is 16.6 Å². The second-order valence-corrected chi connectivity index (χ2v) is 7.14. The molecule has 0 aromatic heterocycles. The molecule has 1 aromatic rings. The number of hydrogen-bond donors (Lipinski definition) is 1. The van der Waals surface area contributed by atoms with E-state index in [9.17, 15) is 4.79 Å². The third-order valence-electron chi connectivity index (χ3n) is 4.17. The number of hydrogen-bond acceptors (Lipinski definition) is 2. The lowest BCUT2D eigenvalue weighted by atomic mass is 9.86. The molecule has 1 aromatic carbocycles. The van der Waals surface area contributed by atoms with Gasteiger partial charge in [-0.2, -0.15) is 0 Å². The maximum atomic E-state index is 12.2. The Morgan fingerprint density at radius 3 is 2.52 bits per heavy atom. The molecule has 1 unspecified atom stereocenters. The first-order valence-electron chi connectivity index (χ1n) is 7.97. The second kappa shape index (κ2) is 6.61. The summed E-state index contributed by atoms with van der Waals surface area (Å²) in [6.07, 6.45) is 1.45. The average molecular weight is 288 g/mol. The van der Waals surface area contributed by atoms with Gasteiger partial charge in [-0.05, 0) is 29.9 Å². The molecule has 2 rings (SSSR count). The smallest absolute Gasteiger partial charge is 0.222 e. The largest absolute Gasteiger partial charge is 0.340 e. The van der Waals surface area contributed by atoms with E-state index in [1.54, 1.807) is 0 Å². The highest BCUT2D eigenvalue weighted by Gasteiger charge is 2.20. The maximum absolute atomic E-state index is 12.2. The zero-order chi connectivity index (χ0) is 15.5. The first-order valence-corrected chi connectivity index (χ1v) is 7.97. The van der Waals surface area contributed by atoms with E-state index >= 15 is 0 Å². The van der Waals surface area contributed by atoms with Crippen LogP contribution in [0.4, 0.5) is 0 Å². The van der Waals surface area contributed by atoms with Crippen LogP contribution in [0.15, 0.2) is 24.3 Å². The molecule has 21 heavy (non-hydrogen) atoms. The summed E-state index contributed by atoms with van der Waals surface area (Å²) in [6, 6.07) is 9.11. The number of benzene rings is 1. The Morgan fingerprint density at radius 1 is 1.29 bits per heavy atom. The van der Waals surface area contributed by atoms with Crippen molar-refractivity contribution in [2.24, 2.45) is 0 Å². The molecular formula is C18H28N2O. The molecule has 3 nitrogen and oxygen atoms in total. The lowest BCUT2D eigenvalue weighted by molar-refractivity contribution is -0.132. The normalized spacial score (nSPS) is 19.6. The third-order valence-corrected chi connectivity index (χ3v) is 4.17. The predicted octanol–water partition coefficient (Wildman–Crippen LogP) is 2.74. The van der Waals surface area contributed by atoms with E-state index < -0.39 is 0 Å². The van der Waals surface area contributed by atoms with Gasteiger partial charge in [-0.3, -0.25) is 4.79 Å². The minimum Gasteiger partial charge on any atom is -0.340 e. The Balaban J connectivity index is 1.86. The van der Waals surface area contributed by atoms with Crippen molar-refractivity contribution in [1.29, 1.82) is 0 Å². The summed E-state index contributed by atoms with van der Waals surface area (Å²) in [5.41, 5.74) is 2.78. The number of rotatable bonds is 3. The first-order chi connectivity index (χ1) is 9.86. The number of carbonyl (C=O) groups excluding carboxylic acids is 1. The molecule has 3 heteroatoms. The predicted molar refractivity (Wildman–Crippen MR) is 87.5 cm³/mol. The van der Waals surface area contributed by atoms with Crippen LogP contribution in [0.2, 0.25) is 0 Å². The van der Waals surface area contributed by atoms with Crippen LogP contribution < -0.4 is 5.32 Å². The van der Waals surface area contributed by atoms with E-state index in [1.165, 1.54) is 11.1 Å². The number of amides is 1. The minimum atomic E-state index is 0.186. The van der Waals surface area contributed by atoms with E-state index in [-0.39, 0.29) is 11.3 Å². The molecule has 1 N–H and O–H groups in total. The number of nitrogens with zero attached hydrogens (tertiary/aromatic N) is 1. The highest BCUT2D eigenvalue weighted by Crippen LogP contribution is 2.22. The van der Waals surface area contributed by atoms with E-state index in [0.29, 0.717) is 12.5 Å². The third kappa shape index (κ3) is 4.57. The van der Waals surface area contributed by atoms with Crippen molar-refractivity contribution in [3.8, 4) is 0 Å². The molecule has 1 heterocycles. The van der Waals surface area contributed by atoms with Crippen molar-refractivity contribution in [1.82, 2.24) is 10.2 Å². The molecule has 1 saturated heterocycles. The monoisotopic (exact) mass is 288 g/mol. The lowest BCUT2D eigenvalue weighted by Crippen LogP contribution is -2.51. The van der Waals surface area contributed by atoms with E-state index in [4.69, 9.17) is 0 Å². The van der Waals surface area contributed by atoms with Gasteiger partial charge >= 0.3 is 0 Å². The second-order valence-electron chi connectivity index (χ2n) is 7.14. The van der Waals surface area contributed by atoms with E-state index in [0.717, 1.165) is 26.1 Å². The van der Waals surface area contributed by atoms with Gasteiger partial charge in [-0.25, -0.2) is 0 Å². The van der Waals surface area contributed by atoms with E-state index in [1.807, 2.05) is 4.90 Å². The summed E-state index contributed by atoms with van der Waals surface area (Å²) in [4.78, 5) is 14.2. The van der Waals surface area contributed by atoms with Gasteiger partial charge in [0.15, 0.2) is 0 Å². The fourth-order valence-electron chi connectivity index (χ4n) is 2.74. The van der Waals surface area contributed by atoms with Gasteiger partial charge in [0, 0.05) is 32.1 Å². The summed E-state index contributed by atoms with van der Waals surface area (Å²) < 4.78 is 0. The van der Waals surface area contributed by atoms with E-state index in [2.05, 4.69) is 57.3 Å². The number of carbonyl (C=O) groups is 1. The SMILES string of the molecule is CC1CN(C(=O)CCc2ccc(C(C)(C)C)cc2)CCN1. The summed E-state index contributed by atoms with van der Waals surface area (Å²) in [5, 5.41) is 3.37. The van der Waals surface area contributed by atoms with Crippen molar-refractivity contribution in [3.05, 3.63) is 35.4 Å². The molecule has 1 amide bonds. The van der Waals surface area contributed by atoms with Gasteiger partial charge in [0.1, 0.15) is 0 Å². The molecule has 0 aliphatic carbocycles. The van der Waals surface area contributed by atoms with Crippen molar-refractivity contribution in [2.45, 2.75) is 52.0 Å². The molecule has 0 bridgehead atoms. The molecule has 1 aliphatic rings. The quantitative estimate of drug-likeness (QED) is 0.927. The van der Waals surface area contributed by atoms with Crippen molar-refractivity contribution in [2.75, 3.05) is 19.6 Å². The Labute approximate surface area is 128 Å². The van der Waals surface area contributed by atoms with Crippen molar-refractivity contribution >= 4 is 5.91 Å². The van der Waals surface area contributed by atoms with Gasteiger partial charge in [-0.15, -0.1) is 0 Å². The summed E-state index contributed by atoms with van der Waals surface area (Å²) in [7, 11) is 0. The number of aryl methyl sites for hydroxylation is 1. The van der Waals surface area contributed by atoms with Crippen molar-refractivity contribution in [3.63, 3.8) is 0 Å². The molecule has 0 radical (unpaired) electrons. The topological polar surface area (TPSA) is 32.3 Å². The van der Waals surface area contributed by atoms with Gasteiger partial charge in [0.25, 0.3) is 0 Å². The van der Waals surface area contributed by atoms with Crippen LogP contribution in [0.3, 0.4) is 0 Å². The zero-order valence-electron chi connectivity index (χ0n) is 13.8. The Bertz CT molecular complexity index is 473. The van der Waals surface area contributed by atoms with Crippen molar-refractivity contribution < 1.29 is 4.79 Å². The lowest BCUT2D eigenvalue weighted by Gasteiger charge is -2.32. The van der Waals surface area contributed by atoms with Crippen LogP contribution >= 0.6 is 0 Å². The summed E-state index contributed by atoms with van der Waals surface area (Å²) in [5.74, 6) is 0.281. The van der Waals surface area contributed by atoms with Crippen LogP contribution in [-0.4, -0.2) is 36.5 Å².